The van der Waals surface area contributed by atoms with Crippen molar-refractivity contribution in [2.24, 2.45) is 16.5 Å². The number of nitro groups is 1. The SMILES string of the molecule is NC(N)=NC(C[N+](=O)[O-])c1ccc(OCC(=O)O)cc1. The van der Waals surface area contributed by atoms with E-state index in [2.05, 4.69) is 4.99 Å². The number of carboxylic acids is 1. The molecule has 0 aliphatic heterocycles. The van der Waals surface area contributed by atoms with E-state index in [0.29, 0.717) is 11.3 Å². The number of nitrogens with two attached hydrogens (primary N) is 2. The number of rotatable bonds is 7. The molecule has 0 aliphatic rings. The molecule has 0 fully saturated rings. The smallest absolute Gasteiger partial charge is 0.341 e. The first-order valence-corrected chi connectivity index (χ1v) is 5.53. The zero-order chi connectivity index (χ0) is 15.1. The molecule has 0 saturated heterocycles. The van der Waals surface area contributed by atoms with Gasteiger partial charge in [-0.25, -0.2) is 9.79 Å². The Balaban J connectivity index is 2.84. The summed E-state index contributed by atoms with van der Waals surface area (Å²) in [5.41, 5.74) is 11.0. The third-order valence-electron chi connectivity index (χ3n) is 2.25. The van der Waals surface area contributed by atoms with E-state index in [9.17, 15) is 14.9 Å². The number of hydrogen-bond donors (Lipinski definition) is 3. The van der Waals surface area contributed by atoms with Crippen LogP contribution >= 0.6 is 0 Å². The maximum absolute atomic E-state index is 10.6. The average molecular weight is 282 g/mol. The number of aliphatic carboxylic acids is 1. The van der Waals surface area contributed by atoms with Gasteiger partial charge in [0.25, 0.3) is 0 Å². The van der Waals surface area contributed by atoms with E-state index in [0.717, 1.165) is 0 Å². The molecule has 9 heteroatoms. The van der Waals surface area contributed by atoms with Crippen LogP contribution < -0.4 is 16.2 Å². The second kappa shape index (κ2) is 6.92. The van der Waals surface area contributed by atoms with Gasteiger partial charge in [0.1, 0.15) is 11.8 Å². The highest BCUT2D eigenvalue weighted by molar-refractivity contribution is 5.76. The van der Waals surface area contributed by atoms with Crippen molar-refractivity contribution in [3.63, 3.8) is 0 Å². The molecule has 1 unspecified atom stereocenters. The number of ether oxygens (including phenoxy) is 1. The third-order valence-corrected chi connectivity index (χ3v) is 2.25. The Morgan fingerprint density at radius 1 is 1.40 bits per heavy atom. The van der Waals surface area contributed by atoms with Crippen LogP contribution in [0.1, 0.15) is 11.6 Å². The molecule has 0 spiro atoms. The Morgan fingerprint density at radius 3 is 2.45 bits per heavy atom. The number of carboxylic acid groups (broad SMARTS) is 1. The summed E-state index contributed by atoms with van der Waals surface area (Å²) in [6.07, 6.45) is 0. The lowest BCUT2D eigenvalue weighted by Crippen LogP contribution is -2.25. The fourth-order valence-electron chi connectivity index (χ4n) is 1.47. The highest BCUT2D eigenvalue weighted by Gasteiger charge is 2.17. The fourth-order valence-corrected chi connectivity index (χ4v) is 1.47. The van der Waals surface area contributed by atoms with Crippen molar-refractivity contribution in [3.8, 4) is 5.75 Å². The van der Waals surface area contributed by atoms with Gasteiger partial charge in [0.15, 0.2) is 12.6 Å². The third kappa shape index (κ3) is 5.21. The van der Waals surface area contributed by atoms with Gasteiger partial charge in [-0.2, -0.15) is 0 Å². The average Bonchev–Trinajstić information content (AvgIpc) is 2.35. The molecule has 0 bridgehead atoms. The molecular weight excluding hydrogens is 268 g/mol. The lowest BCUT2D eigenvalue weighted by molar-refractivity contribution is -0.483. The molecule has 0 aromatic heterocycles. The van der Waals surface area contributed by atoms with Gasteiger partial charge in [0, 0.05) is 4.92 Å². The van der Waals surface area contributed by atoms with Crippen LogP contribution in [0.3, 0.4) is 0 Å². The molecule has 0 amide bonds. The fraction of sp³-hybridized carbons (Fsp3) is 0.273. The molecular formula is C11H14N4O5. The van der Waals surface area contributed by atoms with E-state index < -0.39 is 30.1 Å². The standard InChI is InChI=1S/C11H14N4O5/c12-11(13)14-9(5-15(18)19)7-1-3-8(4-2-7)20-6-10(16)17/h1-4,9H,5-6H2,(H,16,17)(H4,12,13,14). The van der Waals surface area contributed by atoms with E-state index in [-0.39, 0.29) is 5.96 Å². The van der Waals surface area contributed by atoms with Crippen LogP contribution in [0, 0.1) is 10.1 Å². The maximum Gasteiger partial charge on any atom is 0.341 e. The molecule has 9 nitrogen and oxygen atoms in total. The molecule has 108 valence electrons. The second-order valence-corrected chi connectivity index (χ2v) is 3.84. The second-order valence-electron chi connectivity index (χ2n) is 3.84. The van der Waals surface area contributed by atoms with Crippen molar-refractivity contribution in [2.75, 3.05) is 13.2 Å². The summed E-state index contributed by atoms with van der Waals surface area (Å²) in [5, 5.41) is 19.0. The Kier molecular flexibility index (Phi) is 5.27. The molecule has 0 heterocycles. The lowest BCUT2D eigenvalue weighted by atomic mass is 10.1. The van der Waals surface area contributed by atoms with Crippen molar-refractivity contribution < 1.29 is 19.6 Å². The molecule has 1 aromatic carbocycles. The molecule has 0 aliphatic carbocycles. The van der Waals surface area contributed by atoms with Crippen LogP contribution in [0.5, 0.6) is 5.75 Å². The highest BCUT2D eigenvalue weighted by Crippen LogP contribution is 2.21. The zero-order valence-corrected chi connectivity index (χ0v) is 10.4. The van der Waals surface area contributed by atoms with Crippen LogP contribution in [0.2, 0.25) is 0 Å². The zero-order valence-electron chi connectivity index (χ0n) is 10.4. The first-order valence-electron chi connectivity index (χ1n) is 5.53. The molecule has 1 rings (SSSR count). The molecule has 5 N–H and O–H groups in total. The summed E-state index contributed by atoms with van der Waals surface area (Å²) >= 11 is 0. The summed E-state index contributed by atoms with van der Waals surface area (Å²) in [6.45, 7) is -0.918. The van der Waals surface area contributed by atoms with Crippen LogP contribution in [0.15, 0.2) is 29.3 Å². The van der Waals surface area contributed by atoms with Gasteiger partial charge in [-0.1, -0.05) is 12.1 Å². The lowest BCUT2D eigenvalue weighted by Gasteiger charge is -2.10. The van der Waals surface area contributed by atoms with E-state index in [1.807, 2.05) is 0 Å². The predicted molar refractivity (Wildman–Crippen MR) is 70.0 cm³/mol. The Bertz CT molecular complexity index is 510. The minimum absolute atomic E-state index is 0.247. The van der Waals surface area contributed by atoms with E-state index >= 15 is 0 Å². The summed E-state index contributed by atoms with van der Waals surface area (Å²) in [6, 6.07) is 5.26. The topological polar surface area (TPSA) is 154 Å². The Morgan fingerprint density at radius 2 is 2.00 bits per heavy atom. The van der Waals surface area contributed by atoms with Crippen molar-refractivity contribution >= 4 is 11.9 Å². The number of hydrogen-bond acceptors (Lipinski definition) is 5. The first-order chi connectivity index (χ1) is 9.38. The quantitative estimate of drug-likeness (QED) is 0.269. The van der Waals surface area contributed by atoms with E-state index in [4.69, 9.17) is 21.3 Å². The summed E-state index contributed by atoms with van der Waals surface area (Å²) in [4.78, 5) is 24.2. The number of carbonyl (C=O) groups is 1. The molecule has 20 heavy (non-hydrogen) atoms. The number of aliphatic imine (C=N–C) groups is 1. The van der Waals surface area contributed by atoms with Gasteiger partial charge >= 0.3 is 5.97 Å². The minimum atomic E-state index is -1.10. The van der Waals surface area contributed by atoms with E-state index in [1.165, 1.54) is 24.3 Å². The molecule has 0 radical (unpaired) electrons. The van der Waals surface area contributed by atoms with Crippen LogP contribution in [0.4, 0.5) is 0 Å². The van der Waals surface area contributed by atoms with Gasteiger partial charge in [-0.3, -0.25) is 10.1 Å². The number of benzene rings is 1. The highest BCUT2D eigenvalue weighted by atomic mass is 16.6. The van der Waals surface area contributed by atoms with Crippen LogP contribution in [-0.2, 0) is 4.79 Å². The van der Waals surface area contributed by atoms with Gasteiger partial charge in [-0.15, -0.1) is 0 Å². The van der Waals surface area contributed by atoms with Gasteiger partial charge in [-0.05, 0) is 17.7 Å². The Labute approximate surface area is 114 Å². The maximum atomic E-state index is 10.6. The number of nitrogens with zero attached hydrogens (tertiary/aromatic N) is 2. The summed E-state index contributed by atoms with van der Waals surface area (Å²) in [7, 11) is 0. The largest absolute Gasteiger partial charge is 0.482 e. The number of guanidine groups is 1. The van der Waals surface area contributed by atoms with Crippen molar-refractivity contribution in [3.05, 3.63) is 39.9 Å². The summed E-state index contributed by atoms with van der Waals surface area (Å²) < 4.78 is 4.95. The predicted octanol–water partition coefficient (Wildman–Crippen LogP) is -0.259. The van der Waals surface area contributed by atoms with E-state index in [1.54, 1.807) is 0 Å². The van der Waals surface area contributed by atoms with Gasteiger partial charge in [0.05, 0.1) is 0 Å². The van der Waals surface area contributed by atoms with Crippen molar-refractivity contribution in [1.82, 2.24) is 0 Å². The molecule has 1 aromatic rings. The minimum Gasteiger partial charge on any atom is -0.482 e. The van der Waals surface area contributed by atoms with Gasteiger partial charge in [0.2, 0.25) is 6.54 Å². The Hall–Kier alpha value is -2.84. The molecule has 0 saturated carbocycles. The van der Waals surface area contributed by atoms with Crippen LogP contribution in [0.25, 0.3) is 0 Å². The van der Waals surface area contributed by atoms with Crippen molar-refractivity contribution in [1.29, 1.82) is 0 Å². The normalized spacial score (nSPS) is 11.4. The first kappa shape index (κ1) is 15.2. The molecule has 1 atom stereocenters. The van der Waals surface area contributed by atoms with Crippen molar-refractivity contribution in [2.45, 2.75) is 6.04 Å². The van der Waals surface area contributed by atoms with Gasteiger partial charge < -0.3 is 21.3 Å². The monoisotopic (exact) mass is 282 g/mol. The van der Waals surface area contributed by atoms with Crippen LogP contribution in [-0.4, -0.2) is 35.1 Å². The summed E-state index contributed by atoms with van der Waals surface area (Å²) in [5.74, 6) is -1.01.